The molecule has 0 radical (unpaired) electrons. The Kier molecular flexibility index (Phi) is 4.46. The molecule has 0 aliphatic heterocycles. The summed E-state index contributed by atoms with van der Waals surface area (Å²) in [7, 11) is -3.98. The van der Waals surface area contributed by atoms with Crippen molar-refractivity contribution in [2.75, 3.05) is 6.26 Å². The monoisotopic (exact) mass is 384 g/mol. The predicted molar refractivity (Wildman–Crippen MR) is 93.2 cm³/mol. The van der Waals surface area contributed by atoms with Crippen LogP contribution in [-0.2, 0) is 9.84 Å². The van der Waals surface area contributed by atoms with E-state index in [0.29, 0.717) is 10.6 Å². The molecule has 2 aromatic carbocycles. The van der Waals surface area contributed by atoms with E-state index in [-0.39, 0.29) is 5.56 Å². The summed E-state index contributed by atoms with van der Waals surface area (Å²) in [6.07, 6.45) is 0.776. The van der Waals surface area contributed by atoms with Gasteiger partial charge in [0.15, 0.2) is 9.84 Å². The van der Waals surface area contributed by atoms with Crippen LogP contribution in [0.25, 0.3) is 22.3 Å². The zero-order chi connectivity index (χ0) is 17.5. The first-order valence-corrected chi connectivity index (χ1v) is 10.00. The van der Waals surface area contributed by atoms with Crippen molar-refractivity contribution in [2.45, 2.75) is 4.90 Å². The van der Waals surface area contributed by atoms with E-state index in [4.69, 9.17) is 11.6 Å². The van der Waals surface area contributed by atoms with Crippen LogP contribution in [-0.4, -0.2) is 14.7 Å². The molecule has 0 bridgehead atoms. The van der Waals surface area contributed by atoms with Crippen LogP contribution in [0.1, 0.15) is 0 Å². The van der Waals surface area contributed by atoms with Gasteiger partial charge in [0.2, 0.25) is 0 Å². The second kappa shape index (κ2) is 6.27. The zero-order valence-corrected chi connectivity index (χ0v) is 14.8. The summed E-state index contributed by atoms with van der Waals surface area (Å²) in [4.78, 5) is -0.908. The number of rotatable bonds is 3. The van der Waals surface area contributed by atoms with Gasteiger partial charge in [-0.1, -0.05) is 23.7 Å². The van der Waals surface area contributed by atoms with Crippen LogP contribution < -0.4 is 0 Å². The van der Waals surface area contributed by atoms with Crippen LogP contribution in [0.3, 0.4) is 0 Å². The predicted octanol–water partition coefficient (Wildman–Crippen LogP) is 5.42. The number of sulfone groups is 1. The number of benzene rings is 2. The number of hydrogen-bond acceptors (Lipinski definition) is 3. The van der Waals surface area contributed by atoms with Crippen molar-refractivity contribution in [2.24, 2.45) is 0 Å². The van der Waals surface area contributed by atoms with Crippen LogP contribution >= 0.6 is 22.9 Å². The SMILES string of the molecule is CS(=O)(=O)c1c(F)cc(-c2cscc2-c2ccc(Cl)cc2)cc1F. The van der Waals surface area contributed by atoms with E-state index in [0.717, 1.165) is 29.5 Å². The summed E-state index contributed by atoms with van der Waals surface area (Å²) in [5.41, 5.74) is 2.55. The Balaban J connectivity index is 2.15. The molecular weight excluding hydrogens is 374 g/mol. The Hall–Kier alpha value is -1.76. The van der Waals surface area contributed by atoms with E-state index in [1.165, 1.54) is 11.3 Å². The summed E-state index contributed by atoms with van der Waals surface area (Å²) >= 11 is 7.26. The minimum atomic E-state index is -3.98. The Morgan fingerprint density at radius 2 is 1.42 bits per heavy atom. The van der Waals surface area contributed by atoms with Gasteiger partial charge in [-0.2, -0.15) is 11.3 Å². The molecule has 0 spiro atoms. The highest BCUT2D eigenvalue weighted by atomic mass is 35.5. The van der Waals surface area contributed by atoms with Crippen molar-refractivity contribution >= 4 is 32.8 Å². The van der Waals surface area contributed by atoms with Gasteiger partial charge in [-0.3, -0.25) is 0 Å². The van der Waals surface area contributed by atoms with Crippen molar-refractivity contribution in [3.63, 3.8) is 0 Å². The maximum atomic E-state index is 14.2. The third kappa shape index (κ3) is 3.22. The van der Waals surface area contributed by atoms with Crippen LogP contribution in [0, 0.1) is 11.6 Å². The van der Waals surface area contributed by atoms with E-state index >= 15 is 0 Å². The van der Waals surface area contributed by atoms with Gasteiger partial charge in [0.05, 0.1) is 0 Å². The Morgan fingerprint density at radius 3 is 1.92 bits per heavy atom. The minimum Gasteiger partial charge on any atom is -0.224 e. The molecule has 0 unspecified atom stereocenters. The molecule has 24 heavy (non-hydrogen) atoms. The highest BCUT2D eigenvalue weighted by molar-refractivity contribution is 7.90. The molecule has 0 saturated carbocycles. The number of hydrogen-bond donors (Lipinski definition) is 0. The normalized spacial score (nSPS) is 11.7. The molecule has 124 valence electrons. The van der Waals surface area contributed by atoms with Crippen molar-refractivity contribution in [3.05, 3.63) is 63.8 Å². The average molecular weight is 385 g/mol. The highest BCUT2D eigenvalue weighted by Crippen LogP contribution is 2.37. The topological polar surface area (TPSA) is 34.1 Å². The number of thiophene rings is 1. The third-order valence-corrected chi connectivity index (χ3v) is 5.62. The summed E-state index contributed by atoms with van der Waals surface area (Å²) < 4.78 is 51.3. The van der Waals surface area contributed by atoms with Crippen LogP contribution in [0.15, 0.2) is 52.1 Å². The Labute approximate surface area is 147 Å². The highest BCUT2D eigenvalue weighted by Gasteiger charge is 2.22. The molecule has 3 aromatic rings. The summed E-state index contributed by atoms with van der Waals surface area (Å²) in [6, 6.07) is 9.16. The van der Waals surface area contributed by atoms with E-state index in [1.807, 2.05) is 17.5 Å². The minimum absolute atomic E-state index is 0.281. The summed E-state index contributed by atoms with van der Waals surface area (Å²) in [5.74, 6) is -2.19. The summed E-state index contributed by atoms with van der Waals surface area (Å²) in [6.45, 7) is 0. The smallest absolute Gasteiger partial charge is 0.181 e. The van der Waals surface area contributed by atoms with Crippen LogP contribution in [0.5, 0.6) is 0 Å². The molecule has 0 atom stereocenters. The van der Waals surface area contributed by atoms with Gasteiger partial charge in [-0.15, -0.1) is 0 Å². The van der Waals surface area contributed by atoms with Crippen molar-refractivity contribution in [1.29, 1.82) is 0 Å². The first-order valence-electron chi connectivity index (χ1n) is 6.79. The van der Waals surface area contributed by atoms with Gasteiger partial charge in [0.25, 0.3) is 0 Å². The molecule has 0 N–H and O–H groups in total. The lowest BCUT2D eigenvalue weighted by molar-refractivity contribution is 0.522. The maximum Gasteiger partial charge on any atom is 0.181 e. The molecule has 0 saturated heterocycles. The molecule has 0 aliphatic rings. The molecule has 0 fully saturated rings. The largest absolute Gasteiger partial charge is 0.224 e. The first kappa shape index (κ1) is 17.1. The standard InChI is InChI=1S/C17H11ClF2O2S2/c1-24(21,22)17-15(19)6-11(7-16(17)20)14-9-23-8-13(14)10-2-4-12(18)5-3-10/h2-9H,1H3. The van der Waals surface area contributed by atoms with E-state index in [9.17, 15) is 17.2 Å². The lowest BCUT2D eigenvalue weighted by atomic mass is 9.99. The second-order valence-electron chi connectivity index (χ2n) is 5.25. The zero-order valence-electron chi connectivity index (χ0n) is 12.4. The van der Waals surface area contributed by atoms with Crippen LogP contribution in [0.4, 0.5) is 8.78 Å². The van der Waals surface area contributed by atoms with Gasteiger partial charge in [0, 0.05) is 22.4 Å². The van der Waals surface area contributed by atoms with E-state index in [1.54, 1.807) is 17.5 Å². The fourth-order valence-electron chi connectivity index (χ4n) is 2.44. The average Bonchev–Trinajstić information content (AvgIpc) is 2.95. The molecule has 3 rings (SSSR count). The third-order valence-electron chi connectivity index (χ3n) is 3.50. The van der Waals surface area contributed by atoms with Crippen molar-refractivity contribution in [3.8, 4) is 22.3 Å². The molecule has 0 amide bonds. The second-order valence-corrected chi connectivity index (χ2v) is 8.38. The Bertz CT molecular complexity index is 986. The molecule has 2 nitrogen and oxygen atoms in total. The fraction of sp³-hybridized carbons (Fsp3) is 0.0588. The van der Waals surface area contributed by atoms with Gasteiger partial charge >= 0.3 is 0 Å². The summed E-state index contributed by atoms with van der Waals surface area (Å²) in [5, 5.41) is 4.21. The van der Waals surface area contributed by atoms with E-state index in [2.05, 4.69) is 0 Å². The molecular formula is C17H11ClF2O2S2. The van der Waals surface area contributed by atoms with Gasteiger partial charge in [-0.05, 0) is 46.2 Å². The molecule has 1 heterocycles. The van der Waals surface area contributed by atoms with Gasteiger partial charge in [-0.25, -0.2) is 17.2 Å². The lowest BCUT2D eigenvalue weighted by Crippen LogP contribution is -2.04. The first-order chi connectivity index (χ1) is 11.3. The Morgan fingerprint density at radius 1 is 0.917 bits per heavy atom. The molecule has 7 heteroatoms. The van der Waals surface area contributed by atoms with Crippen molar-refractivity contribution in [1.82, 2.24) is 0 Å². The number of halogens is 3. The quantitative estimate of drug-likeness (QED) is 0.604. The lowest BCUT2D eigenvalue weighted by Gasteiger charge is -2.08. The van der Waals surface area contributed by atoms with Gasteiger partial charge < -0.3 is 0 Å². The van der Waals surface area contributed by atoms with Crippen LogP contribution in [0.2, 0.25) is 5.02 Å². The van der Waals surface area contributed by atoms with Gasteiger partial charge in [0.1, 0.15) is 16.5 Å². The molecule has 0 aliphatic carbocycles. The fourth-order valence-corrected chi connectivity index (χ4v) is 4.26. The van der Waals surface area contributed by atoms with Crippen molar-refractivity contribution < 1.29 is 17.2 Å². The van der Waals surface area contributed by atoms with E-state index < -0.39 is 26.4 Å². The molecule has 1 aromatic heterocycles. The maximum absolute atomic E-state index is 14.2.